The summed E-state index contributed by atoms with van der Waals surface area (Å²) in [6.07, 6.45) is 8.16. The Morgan fingerprint density at radius 3 is 2.20 bits per heavy atom. The van der Waals surface area contributed by atoms with Gasteiger partial charge in [0.05, 0.1) is 0 Å². The van der Waals surface area contributed by atoms with Crippen molar-refractivity contribution >= 4 is 0 Å². The molecule has 0 rings (SSSR count). The summed E-state index contributed by atoms with van der Waals surface area (Å²) in [4.78, 5) is 0. The Hall–Kier alpha value is 1.30. The van der Waals surface area contributed by atoms with Gasteiger partial charge >= 0.3 is 92.1 Å². The van der Waals surface area contributed by atoms with E-state index in [4.69, 9.17) is 1.12 Å². The van der Waals surface area contributed by atoms with Gasteiger partial charge in [0.15, 0.2) is 0 Å². The van der Waals surface area contributed by atoms with Crippen molar-refractivity contribution in [2.75, 3.05) is 6.61 Å². The van der Waals surface area contributed by atoms with Gasteiger partial charge in [-0.15, -0.1) is 0 Å². The molecule has 0 saturated heterocycles. The van der Waals surface area contributed by atoms with Crippen molar-refractivity contribution in [1.29, 1.82) is 0 Å². The fraction of sp³-hybridized carbons (Fsp3) is 1.00. The number of hydrogen-bond acceptors (Lipinski definition) is 1. The van der Waals surface area contributed by atoms with E-state index in [1.165, 1.54) is 77.5 Å². The second-order valence-corrected chi connectivity index (χ2v) is 3.35. The van der Waals surface area contributed by atoms with Gasteiger partial charge in [-0.2, -0.15) is 0 Å². The molecule has 0 saturated carbocycles. The van der Waals surface area contributed by atoms with Crippen LogP contribution in [0.25, 0.3) is 0 Å². The first kappa shape index (κ1) is 11.3. The third kappa shape index (κ3) is 9.30. The Bertz CT molecular complexity index is 49.2. The molecule has 1 nitrogen and oxygen atoms in total. The topological polar surface area (TPSA) is 9.23 Å². The van der Waals surface area contributed by atoms with Gasteiger partial charge in [0.1, 0.15) is 0 Å². The molecule has 0 N–H and O–H groups in total. The fourth-order valence-electron chi connectivity index (χ4n) is 0.941. The summed E-state index contributed by atoms with van der Waals surface area (Å²) in [6, 6.07) is 0. The molecule has 10 heavy (non-hydrogen) atoms. The van der Waals surface area contributed by atoms with Crippen LogP contribution in [0, 0.1) is 38.9 Å². The Labute approximate surface area is 91.2 Å². The normalized spacial score (nSPS) is 10.1. The summed E-state index contributed by atoms with van der Waals surface area (Å²) in [5, 5.41) is 0. The van der Waals surface area contributed by atoms with Crippen LogP contribution in [0.3, 0.4) is 0 Å². The quantitative estimate of drug-likeness (QED) is 0.651. The third-order valence-electron chi connectivity index (χ3n) is 1.58. The first-order valence-electron chi connectivity index (χ1n) is 4.16. The first-order chi connectivity index (χ1) is 4.91. The third-order valence-corrected chi connectivity index (χ3v) is 2.12. The van der Waals surface area contributed by atoms with Gasteiger partial charge in [0.25, 0.3) is 0 Å². The summed E-state index contributed by atoms with van der Waals surface area (Å²) in [6.45, 7) is 3.22. The van der Waals surface area contributed by atoms with Gasteiger partial charge in [0.2, 0.25) is 0 Å². The molecular formula is C8H17OSm. The molecule has 0 fully saturated rings. The van der Waals surface area contributed by atoms with E-state index in [2.05, 4.69) is 6.92 Å². The van der Waals surface area contributed by atoms with E-state index in [0.29, 0.717) is 0 Å². The number of rotatable bonds is 7. The summed E-state index contributed by atoms with van der Waals surface area (Å²) in [5.41, 5.74) is 0. The predicted octanol–water partition coefficient (Wildman–Crippen LogP) is 2.83. The van der Waals surface area contributed by atoms with Crippen LogP contribution >= 0.6 is 0 Å². The van der Waals surface area contributed by atoms with Crippen LogP contribution in [0.4, 0.5) is 0 Å². The molecule has 0 unspecified atom stereocenters. The van der Waals surface area contributed by atoms with Crippen molar-refractivity contribution in [3.8, 4) is 0 Å². The molecule has 0 radical (unpaired) electrons. The monoisotopic (exact) mass is 281 g/mol. The van der Waals surface area contributed by atoms with E-state index >= 15 is 0 Å². The minimum absolute atomic E-state index is 0.974. The molecule has 0 aliphatic heterocycles. The van der Waals surface area contributed by atoms with Crippen LogP contribution in [0.5, 0.6) is 0 Å². The molecule has 0 aliphatic rings. The van der Waals surface area contributed by atoms with Crippen molar-refractivity contribution in [2.45, 2.75) is 45.4 Å². The molecule has 0 aromatic heterocycles. The van der Waals surface area contributed by atoms with E-state index in [1.54, 1.807) is 0 Å². The predicted molar refractivity (Wildman–Crippen MR) is 39.3 cm³/mol. The molecule has 0 aromatic carbocycles. The molecule has 0 amide bonds. The fourth-order valence-corrected chi connectivity index (χ4v) is 1.32. The molecule has 2 heteroatoms. The minimum atomic E-state index is 0.974. The Morgan fingerprint density at radius 2 is 1.60 bits per heavy atom. The average Bonchev–Trinajstić information content (AvgIpc) is 1.97. The van der Waals surface area contributed by atoms with Crippen molar-refractivity contribution in [3.05, 3.63) is 0 Å². The maximum absolute atomic E-state index is 5.03. The first-order valence-corrected chi connectivity index (χ1v) is 5.23. The molecule has 0 aliphatic carbocycles. The van der Waals surface area contributed by atoms with Gasteiger partial charge in [-0.05, 0) is 0 Å². The van der Waals surface area contributed by atoms with E-state index in [1.807, 2.05) is 0 Å². The van der Waals surface area contributed by atoms with Crippen LogP contribution in [0.15, 0.2) is 0 Å². The number of hydrogen-bond donors (Lipinski definition) is 0. The molecule has 0 heterocycles. The van der Waals surface area contributed by atoms with Crippen LogP contribution < -0.4 is 0 Å². The van der Waals surface area contributed by atoms with Gasteiger partial charge in [-0.25, -0.2) is 0 Å². The Kier molecular flexibility index (Phi) is 11.6. The van der Waals surface area contributed by atoms with Crippen molar-refractivity contribution in [2.24, 2.45) is 0 Å². The van der Waals surface area contributed by atoms with E-state index < -0.39 is 0 Å². The number of unbranched alkanes of at least 4 members (excludes halogenated alkanes) is 5. The van der Waals surface area contributed by atoms with Gasteiger partial charge in [-0.3, -0.25) is 0 Å². The van der Waals surface area contributed by atoms with E-state index in [0.717, 1.165) is 6.61 Å². The summed E-state index contributed by atoms with van der Waals surface area (Å²) in [7, 11) is 0. The van der Waals surface area contributed by atoms with Gasteiger partial charge in [-0.1, -0.05) is 0 Å². The van der Waals surface area contributed by atoms with Crippen LogP contribution in [0.1, 0.15) is 45.4 Å². The summed E-state index contributed by atoms with van der Waals surface area (Å²) >= 11 is 1.25. The van der Waals surface area contributed by atoms with Crippen molar-refractivity contribution in [1.82, 2.24) is 0 Å². The summed E-state index contributed by atoms with van der Waals surface area (Å²) in [5.74, 6) is 0. The molecule has 0 atom stereocenters. The van der Waals surface area contributed by atoms with Gasteiger partial charge < -0.3 is 0 Å². The van der Waals surface area contributed by atoms with Gasteiger partial charge in [0, 0.05) is 0 Å². The van der Waals surface area contributed by atoms with E-state index in [-0.39, 0.29) is 0 Å². The Morgan fingerprint density at radius 1 is 1.00 bits per heavy atom. The van der Waals surface area contributed by atoms with Crippen molar-refractivity contribution in [3.63, 3.8) is 0 Å². The standard InChI is InChI=1S/C8H17O.Sm/c1-2-3-4-5-6-7-8-9;/h2-8H2,1H3;/q-1;+1. The second kappa shape index (κ2) is 10.3. The van der Waals surface area contributed by atoms with Crippen LogP contribution in [-0.2, 0) is 1.12 Å². The zero-order valence-electron chi connectivity index (χ0n) is 6.77. The van der Waals surface area contributed by atoms with E-state index in [9.17, 15) is 0 Å². The molecule has 0 aromatic rings. The maximum atomic E-state index is 5.03. The van der Waals surface area contributed by atoms with Crippen molar-refractivity contribution < 1.29 is 40.0 Å². The zero-order valence-corrected chi connectivity index (χ0v) is 9.39. The second-order valence-electron chi connectivity index (χ2n) is 2.59. The average molecular weight is 280 g/mol. The molecular weight excluding hydrogens is 262 g/mol. The summed E-state index contributed by atoms with van der Waals surface area (Å²) < 4.78 is 5.03. The molecule has 0 spiro atoms. The molecule has 0 bridgehead atoms. The zero-order chi connectivity index (χ0) is 7.66. The Balaban J connectivity index is 2.65. The van der Waals surface area contributed by atoms with Crippen LogP contribution in [0.2, 0.25) is 0 Å². The molecule has 61 valence electrons. The van der Waals surface area contributed by atoms with Crippen LogP contribution in [-0.4, -0.2) is 6.61 Å². The SMILES string of the molecule is CCCCCCCC[O][Sm].